The van der Waals surface area contributed by atoms with Crippen molar-refractivity contribution in [2.45, 2.75) is 24.3 Å². The minimum absolute atomic E-state index is 0.0899. The lowest BCUT2D eigenvalue weighted by Crippen LogP contribution is -2.40. The van der Waals surface area contributed by atoms with E-state index in [1.165, 1.54) is 4.31 Å². The number of hydrogen-bond acceptors (Lipinski definition) is 5. The lowest BCUT2D eigenvalue weighted by molar-refractivity contribution is -0.122. The Labute approximate surface area is 194 Å². The summed E-state index contributed by atoms with van der Waals surface area (Å²) < 4.78 is 37.4. The van der Waals surface area contributed by atoms with Crippen LogP contribution in [0.2, 0.25) is 0 Å². The number of nitrogens with one attached hydrogen (secondary N) is 1. The summed E-state index contributed by atoms with van der Waals surface area (Å²) >= 11 is 0. The molecule has 0 aromatic heterocycles. The average molecular weight is 469 g/mol. The fourth-order valence-electron chi connectivity index (χ4n) is 3.85. The topological polar surface area (TPSA) is 84.9 Å². The second kappa shape index (κ2) is 9.91. The second-order valence-corrected chi connectivity index (χ2v) is 10.0. The Morgan fingerprint density at radius 3 is 2.39 bits per heavy atom. The van der Waals surface area contributed by atoms with Crippen LogP contribution in [-0.2, 0) is 26.1 Å². The van der Waals surface area contributed by atoms with Crippen LogP contribution in [0.1, 0.15) is 24.0 Å². The van der Waals surface area contributed by atoms with Crippen LogP contribution in [0, 0.1) is 0 Å². The van der Waals surface area contributed by atoms with E-state index in [0.29, 0.717) is 32.8 Å². The summed E-state index contributed by atoms with van der Waals surface area (Å²) in [5, 5.41) is 5.05. The molecule has 0 spiro atoms. The lowest BCUT2D eigenvalue weighted by Gasteiger charge is -2.26. The highest BCUT2D eigenvalue weighted by Gasteiger charge is 2.26. The third kappa shape index (κ3) is 5.19. The number of carbonyl (C=O) groups is 1. The van der Waals surface area contributed by atoms with E-state index < -0.39 is 10.0 Å². The molecule has 1 N–H and O–H groups in total. The summed E-state index contributed by atoms with van der Waals surface area (Å²) in [6.07, 6.45) is 0. The van der Waals surface area contributed by atoms with Crippen LogP contribution in [-0.4, -0.2) is 52.0 Å². The highest BCUT2D eigenvalue weighted by Crippen LogP contribution is 2.25. The highest BCUT2D eigenvalue weighted by atomic mass is 32.2. The quantitative estimate of drug-likeness (QED) is 0.575. The molecule has 1 saturated heterocycles. The molecule has 174 valence electrons. The predicted molar refractivity (Wildman–Crippen MR) is 127 cm³/mol. The van der Waals surface area contributed by atoms with Gasteiger partial charge >= 0.3 is 0 Å². The minimum atomic E-state index is -3.52. The van der Waals surface area contributed by atoms with E-state index in [-0.39, 0.29) is 16.7 Å². The normalized spacial score (nSPS) is 15.8. The number of ether oxygens (including phenoxy) is 2. The molecular weight excluding hydrogens is 440 g/mol. The van der Waals surface area contributed by atoms with Crippen molar-refractivity contribution in [1.82, 2.24) is 9.62 Å². The van der Waals surface area contributed by atoms with Gasteiger partial charge in [-0.3, -0.25) is 4.79 Å². The molecule has 1 amide bonds. The molecule has 4 rings (SSSR count). The van der Waals surface area contributed by atoms with Gasteiger partial charge in [-0.05, 0) is 53.1 Å². The maximum atomic E-state index is 12.7. The summed E-state index contributed by atoms with van der Waals surface area (Å²) in [6.45, 7) is 3.74. The number of fused-ring (bicyclic) bond motifs is 1. The first-order chi connectivity index (χ1) is 15.9. The van der Waals surface area contributed by atoms with Crippen molar-refractivity contribution < 1.29 is 22.7 Å². The van der Waals surface area contributed by atoms with Crippen molar-refractivity contribution in [3.05, 3.63) is 71.8 Å². The highest BCUT2D eigenvalue weighted by molar-refractivity contribution is 7.89. The van der Waals surface area contributed by atoms with E-state index in [0.717, 1.165) is 27.6 Å². The van der Waals surface area contributed by atoms with Crippen molar-refractivity contribution in [1.29, 1.82) is 0 Å². The zero-order chi connectivity index (χ0) is 23.4. The number of carbonyl (C=O) groups excluding carboxylic acids is 1. The summed E-state index contributed by atoms with van der Waals surface area (Å²) in [7, 11) is -1.89. The van der Waals surface area contributed by atoms with Crippen LogP contribution in [0.5, 0.6) is 5.75 Å². The van der Waals surface area contributed by atoms with Gasteiger partial charge in [-0.25, -0.2) is 8.42 Å². The van der Waals surface area contributed by atoms with Gasteiger partial charge in [0.1, 0.15) is 5.75 Å². The maximum absolute atomic E-state index is 12.7. The molecule has 1 aliphatic heterocycles. The Bertz CT molecular complexity index is 1240. The van der Waals surface area contributed by atoms with Gasteiger partial charge in [0.25, 0.3) is 0 Å². The molecule has 1 atom stereocenters. The summed E-state index contributed by atoms with van der Waals surface area (Å²) in [4.78, 5) is 13.0. The Hall–Kier alpha value is -2.94. The van der Waals surface area contributed by atoms with Gasteiger partial charge in [0.05, 0.1) is 31.1 Å². The molecule has 0 aliphatic carbocycles. The van der Waals surface area contributed by atoms with E-state index in [4.69, 9.17) is 9.47 Å². The molecule has 0 unspecified atom stereocenters. The minimum Gasteiger partial charge on any atom is -0.497 e. The fourth-order valence-corrected chi connectivity index (χ4v) is 5.26. The Morgan fingerprint density at radius 2 is 1.70 bits per heavy atom. The number of rotatable bonds is 7. The third-order valence-corrected chi connectivity index (χ3v) is 7.88. The van der Waals surface area contributed by atoms with Crippen LogP contribution in [0.25, 0.3) is 10.8 Å². The van der Waals surface area contributed by atoms with Crippen molar-refractivity contribution in [2.24, 2.45) is 0 Å². The Kier molecular flexibility index (Phi) is 6.97. The van der Waals surface area contributed by atoms with E-state index in [9.17, 15) is 13.2 Å². The number of hydrogen-bond donors (Lipinski definition) is 1. The molecule has 1 aliphatic rings. The summed E-state index contributed by atoms with van der Waals surface area (Å²) in [5.74, 6) is 0.384. The standard InChI is InChI=1S/C25H28N2O5S/c1-18(20-5-6-22-16-23(31-2)8-7-21(22)15-20)25(28)26-17-19-3-9-24(10-4-19)33(29,30)27-11-13-32-14-12-27/h3-10,15-16,18H,11-14,17H2,1-2H3,(H,26,28)/t18-/m0/s1. The Morgan fingerprint density at radius 1 is 1.03 bits per heavy atom. The van der Waals surface area contributed by atoms with E-state index in [1.54, 1.807) is 31.4 Å². The molecule has 0 saturated carbocycles. The molecule has 3 aromatic carbocycles. The number of methoxy groups -OCH3 is 1. The van der Waals surface area contributed by atoms with Crippen LogP contribution >= 0.6 is 0 Å². The second-order valence-electron chi connectivity index (χ2n) is 8.07. The number of sulfonamides is 1. The summed E-state index contributed by atoms with van der Waals surface area (Å²) in [6, 6.07) is 18.5. The van der Waals surface area contributed by atoms with Gasteiger partial charge in [0.15, 0.2) is 0 Å². The molecule has 7 nitrogen and oxygen atoms in total. The predicted octanol–water partition coefficient (Wildman–Crippen LogP) is 3.29. The molecule has 33 heavy (non-hydrogen) atoms. The fraction of sp³-hybridized carbons (Fsp3) is 0.320. The van der Waals surface area contributed by atoms with E-state index >= 15 is 0 Å². The molecular formula is C25H28N2O5S. The van der Waals surface area contributed by atoms with Gasteiger partial charge in [-0.15, -0.1) is 0 Å². The van der Waals surface area contributed by atoms with Gasteiger partial charge in [-0.2, -0.15) is 4.31 Å². The molecule has 8 heteroatoms. The van der Waals surface area contributed by atoms with Crippen molar-refractivity contribution in [3.63, 3.8) is 0 Å². The van der Waals surface area contributed by atoms with Crippen LogP contribution in [0.3, 0.4) is 0 Å². The molecule has 1 fully saturated rings. The van der Waals surface area contributed by atoms with Gasteiger partial charge in [0, 0.05) is 19.6 Å². The average Bonchev–Trinajstić information content (AvgIpc) is 2.86. The van der Waals surface area contributed by atoms with E-state index in [2.05, 4.69) is 5.32 Å². The monoisotopic (exact) mass is 468 g/mol. The SMILES string of the molecule is COc1ccc2cc([C@H](C)C(=O)NCc3ccc(S(=O)(=O)N4CCOCC4)cc3)ccc2c1. The lowest BCUT2D eigenvalue weighted by atomic mass is 9.97. The number of amides is 1. The molecule has 1 heterocycles. The van der Waals surface area contributed by atoms with Gasteiger partial charge < -0.3 is 14.8 Å². The Balaban J connectivity index is 1.38. The zero-order valence-electron chi connectivity index (χ0n) is 18.8. The van der Waals surface area contributed by atoms with Crippen molar-refractivity contribution in [3.8, 4) is 5.75 Å². The first-order valence-electron chi connectivity index (χ1n) is 10.9. The van der Waals surface area contributed by atoms with Crippen LogP contribution in [0.4, 0.5) is 0 Å². The largest absolute Gasteiger partial charge is 0.497 e. The third-order valence-electron chi connectivity index (χ3n) is 5.96. The van der Waals surface area contributed by atoms with Crippen molar-refractivity contribution in [2.75, 3.05) is 33.4 Å². The molecule has 0 bridgehead atoms. The van der Waals surface area contributed by atoms with Gasteiger partial charge in [0.2, 0.25) is 15.9 Å². The number of morpholine rings is 1. The maximum Gasteiger partial charge on any atom is 0.243 e. The zero-order valence-corrected chi connectivity index (χ0v) is 19.6. The number of nitrogens with zero attached hydrogens (tertiary/aromatic N) is 1. The van der Waals surface area contributed by atoms with Crippen molar-refractivity contribution >= 4 is 26.7 Å². The number of benzene rings is 3. The summed E-state index contributed by atoms with van der Waals surface area (Å²) in [5.41, 5.74) is 1.76. The first kappa shape index (κ1) is 23.2. The van der Waals surface area contributed by atoms with Crippen LogP contribution in [0.15, 0.2) is 65.6 Å². The van der Waals surface area contributed by atoms with Gasteiger partial charge in [-0.1, -0.05) is 36.4 Å². The van der Waals surface area contributed by atoms with E-state index in [1.807, 2.05) is 43.3 Å². The smallest absolute Gasteiger partial charge is 0.243 e. The first-order valence-corrected chi connectivity index (χ1v) is 12.3. The molecule has 3 aromatic rings. The molecule has 0 radical (unpaired) electrons. The van der Waals surface area contributed by atoms with Crippen LogP contribution < -0.4 is 10.1 Å².